The lowest BCUT2D eigenvalue weighted by Gasteiger charge is -2.12. The molecular formula is C14H14N2O. The van der Waals surface area contributed by atoms with Crippen molar-refractivity contribution in [3.63, 3.8) is 0 Å². The molecule has 0 bridgehead atoms. The van der Waals surface area contributed by atoms with Crippen LogP contribution in [0.2, 0.25) is 0 Å². The van der Waals surface area contributed by atoms with Crippen molar-refractivity contribution in [3.05, 3.63) is 48.4 Å². The molecule has 1 atom stereocenters. The van der Waals surface area contributed by atoms with Crippen LogP contribution < -0.4 is 5.32 Å². The quantitative estimate of drug-likeness (QED) is 0.806. The van der Waals surface area contributed by atoms with E-state index in [0.29, 0.717) is 6.04 Å². The number of benzene rings is 1. The van der Waals surface area contributed by atoms with Crippen LogP contribution in [0, 0.1) is 0 Å². The van der Waals surface area contributed by atoms with Crippen molar-refractivity contribution in [3.8, 4) is 0 Å². The van der Waals surface area contributed by atoms with E-state index in [4.69, 9.17) is 9.41 Å². The summed E-state index contributed by atoms with van der Waals surface area (Å²) in [4.78, 5) is 4.69. The molecule has 1 unspecified atom stereocenters. The monoisotopic (exact) mass is 226 g/mol. The largest absolute Gasteiger partial charge is 0.463 e. The Morgan fingerprint density at radius 1 is 1.24 bits per heavy atom. The van der Waals surface area contributed by atoms with Crippen LogP contribution in [0.3, 0.4) is 0 Å². The predicted octanol–water partition coefficient (Wildman–Crippen LogP) is 3.60. The summed E-state index contributed by atoms with van der Waals surface area (Å²) in [5.41, 5.74) is 3.06. The molecule has 0 spiro atoms. The van der Waals surface area contributed by atoms with Crippen molar-refractivity contribution in [1.29, 1.82) is 0 Å². The Kier molecular flexibility index (Phi) is 2.44. The molecule has 3 heteroatoms. The molecule has 0 radical (unpaired) electrons. The summed E-state index contributed by atoms with van der Waals surface area (Å²) in [5.74, 6) is 0.857. The van der Waals surface area contributed by atoms with Gasteiger partial charge in [0.15, 0.2) is 0 Å². The standard InChI is InChI=1S/C14H14N2O/c1-10-9-13(14-7-4-8-17-14)16-12-6-3-2-5-11(12)15-10/h2-8,10,15H,9H2,1H3. The highest BCUT2D eigenvalue weighted by Gasteiger charge is 2.17. The van der Waals surface area contributed by atoms with Crippen LogP contribution in [0.4, 0.5) is 11.4 Å². The molecule has 0 amide bonds. The van der Waals surface area contributed by atoms with E-state index < -0.39 is 0 Å². The molecule has 0 saturated carbocycles. The average Bonchev–Trinajstić information content (AvgIpc) is 2.79. The maximum Gasteiger partial charge on any atom is 0.148 e. The lowest BCUT2D eigenvalue weighted by atomic mass is 10.1. The van der Waals surface area contributed by atoms with E-state index in [0.717, 1.165) is 29.3 Å². The van der Waals surface area contributed by atoms with Gasteiger partial charge in [-0.1, -0.05) is 12.1 Å². The molecule has 0 aliphatic carbocycles. The van der Waals surface area contributed by atoms with Crippen LogP contribution in [0.5, 0.6) is 0 Å². The molecule has 1 aliphatic heterocycles. The fourth-order valence-electron chi connectivity index (χ4n) is 2.09. The first-order valence-electron chi connectivity index (χ1n) is 5.80. The Morgan fingerprint density at radius 3 is 2.94 bits per heavy atom. The lowest BCUT2D eigenvalue weighted by molar-refractivity contribution is 0.554. The predicted molar refractivity (Wildman–Crippen MR) is 69.0 cm³/mol. The van der Waals surface area contributed by atoms with Crippen LogP contribution in [-0.4, -0.2) is 11.8 Å². The van der Waals surface area contributed by atoms with Gasteiger partial charge in [-0.25, -0.2) is 4.99 Å². The van der Waals surface area contributed by atoms with Crippen LogP contribution in [0.15, 0.2) is 52.1 Å². The Balaban J connectivity index is 2.08. The molecule has 1 aromatic heterocycles. The number of anilines is 1. The van der Waals surface area contributed by atoms with E-state index in [2.05, 4.69) is 18.3 Å². The van der Waals surface area contributed by atoms with Gasteiger partial charge in [-0.3, -0.25) is 0 Å². The summed E-state index contributed by atoms with van der Waals surface area (Å²) < 4.78 is 5.43. The summed E-state index contributed by atoms with van der Waals surface area (Å²) in [6.07, 6.45) is 2.55. The van der Waals surface area contributed by atoms with Crippen LogP contribution >= 0.6 is 0 Å². The fourth-order valence-corrected chi connectivity index (χ4v) is 2.09. The normalized spacial score (nSPS) is 18.9. The fraction of sp³-hybridized carbons (Fsp3) is 0.214. The number of hydrogen-bond donors (Lipinski definition) is 1. The third-order valence-corrected chi connectivity index (χ3v) is 2.87. The van der Waals surface area contributed by atoms with Gasteiger partial charge in [0.25, 0.3) is 0 Å². The maximum atomic E-state index is 5.43. The van der Waals surface area contributed by atoms with Crippen molar-refractivity contribution >= 4 is 17.1 Å². The molecule has 0 fully saturated rings. The van der Waals surface area contributed by atoms with Gasteiger partial charge >= 0.3 is 0 Å². The number of hydrogen-bond acceptors (Lipinski definition) is 3. The zero-order chi connectivity index (χ0) is 11.7. The smallest absolute Gasteiger partial charge is 0.148 e. The number of rotatable bonds is 1. The molecule has 0 saturated heterocycles. The summed E-state index contributed by atoms with van der Waals surface area (Å²) >= 11 is 0. The van der Waals surface area contributed by atoms with E-state index in [1.807, 2.05) is 30.3 Å². The molecule has 1 aromatic carbocycles. The number of nitrogens with one attached hydrogen (secondary N) is 1. The third kappa shape index (κ3) is 1.96. The Bertz CT molecular complexity index is 543. The topological polar surface area (TPSA) is 37.5 Å². The van der Waals surface area contributed by atoms with Crippen molar-refractivity contribution in [2.24, 2.45) is 4.99 Å². The number of furan rings is 1. The highest BCUT2D eigenvalue weighted by atomic mass is 16.3. The van der Waals surface area contributed by atoms with Gasteiger partial charge in [-0.05, 0) is 31.2 Å². The maximum absolute atomic E-state index is 5.43. The van der Waals surface area contributed by atoms with Crippen molar-refractivity contribution in [2.75, 3.05) is 5.32 Å². The third-order valence-electron chi connectivity index (χ3n) is 2.87. The molecule has 86 valence electrons. The van der Waals surface area contributed by atoms with Gasteiger partial charge in [-0.15, -0.1) is 0 Å². The van der Waals surface area contributed by atoms with Crippen LogP contribution in [0.25, 0.3) is 0 Å². The van der Waals surface area contributed by atoms with Crippen molar-refractivity contribution in [1.82, 2.24) is 0 Å². The summed E-state index contributed by atoms with van der Waals surface area (Å²) in [7, 11) is 0. The highest BCUT2D eigenvalue weighted by Crippen LogP contribution is 2.29. The molecule has 1 N–H and O–H groups in total. The number of aliphatic imine (C=N–C) groups is 1. The lowest BCUT2D eigenvalue weighted by Crippen LogP contribution is -2.17. The van der Waals surface area contributed by atoms with Gasteiger partial charge in [0, 0.05) is 12.5 Å². The number of para-hydroxylation sites is 2. The summed E-state index contributed by atoms with van der Waals surface area (Å²) in [5, 5.41) is 3.46. The Morgan fingerprint density at radius 2 is 2.12 bits per heavy atom. The van der Waals surface area contributed by atoms with Crippen LogP contribution in [0.1, 0.15) is 19.1 Å². The van der Waals surface area contributed by atoms with Crippen molar-refractivity contribution in [2.45, 2.75) is 19.4 Å². The second kappa shape index (κ2) is 4.09. The molecule has 17 heavy (non-hydrogen) atoms. The Labute approximate surface area is 100 Å². The first-order chi connectivity index (χ1) is 8.33. The average molecular weight is 226 g/mol. The minimum absolute atomic E-state index is 0.350. The minimum Gasteiger partial charge on any atom is -0.463 e. The molecule has 1 aliphatic rings. The number of fused-ring (bicyclic) bond motifs is 1. The van der Waals surface area contributed by atoms with E-state index in [1.54, 1.807) is 6.26 Å². The van der Waals surface area contributed by atoms with Gasteiger partial charge < -0.3 is 9.73 Å². The minimum atomic E-state index is 0.350. The zero-order valence-corrected chi connectivity index (χ0v) is 9.68. The highest BCUT2D eigenvalue weighted by molar-refractivity contribution is 6.01. The summed E-state index contributed by atoms with van der Waals surface area (Å²) in [6.45, 7) is 2.15. The first kappa shape index (κ1) is 10.1. The zero-order valence-electron chi connectivity index (χ0n) is 9.68. The van der Waals surface area contributed by atoms with Gasteiger partial charge in [-0.2, -0.15) is 0 Å². The molecule has 3 rings (SSSR count). The number of nitrogens with zero attached hydrogens (tertiary/aromatic N) is 1. The SMILES string of the molecule is CC1CC(c2ccco2)=Nc2ccccc2N1. The van der Waals surface area contributed by atoms with Crippen LogP contribution in [-0.2, 0) is 0 Å². The van der Waals surface area contributed by atoms with E-state index in [9.17, 15) is 0 Å². The van der Waals surface area contributed by atoms with Gasteiger partial charge in [0.1, 0.15) is 5.76 Å². The van der Waals surface area contributed by atoms with Gasteiger partial charge in [0.2, 0.25) is 0 Å². The molecule has 3 nitrogen and oxygen atoms in total. The molecule has 2 aromatic rings. The molecular weight excluding hydrogens is 212 g/mol. The first-order valence-corrected chi connectivity index (χ1v) is 5.80. The summed E-state index contributed by atoms with van der Waals surface area (Å²) in [6, 6.07) is 12.3. The second-order valence-corrected chi connectivity index (χ2v) is 4.30. The molecule has 2 heterocycles. The van der Waals surface area contributed by atoms with Crippen molar-refractivity contribution < 1.29 is 4.42 Å². The Hall–Kier alpha value is -2.03. The van der Waals surface area contributed by atoms with E-state index in [1.165, 1.54) is 0 Å². The van der Waals surface area contributed by atoms with E-state index in [-0.39, 0.29) is 0 Å². The second-order valence-electron chi connectivity index (χ2n) is 4.30. The van der Waals surface area contributed by atoms with E-state index >= 15 is 0 Å². The van der Waals surface area contributed by atoms with Gasteiger partial charge in [0.05, 0.1) is 23.3 Å².